The van der Waals surface area contributed by atoms with Gasteiger partial charge in [0.25, 0.3) is 0 Å². The summed E-state index contributed by atoms with van der Waals surface area (Å²) >= 11 is 0. The first kappa shape index (κ1) is 19.6. The number of anilines is 2. The highest BCUT2D eigenvalue weighted by Crippen LogP contribution is 2.33. The first-order valence-corrected chi connectivity index (χ1v) is 9.82. The number of pyridine rings is 1. The zero-order chi connectivity index (χ0) is 21.3. The number of nitrogens with one attached hydrogen (secondary N) is 2. The molecule has 10 nitrogen and oxygen atoms in total. The molecule has 0 saturated carbocycles. The van der Waals surface area contributed by atoms with Gasteiger partial charge in [-0.2, -0.15) is 10.2 Å². The standard InChI is InChI=1S/C20H24N8O2/c1-12-3-4-16(15-6-8-28(26-15)17-5-7-23-25-17)27(11-12)20(30)19(29)24-14-9-13(2)18(21)22-10-14/h5-10,12,16H,3-4,11H2,1-2H3,(H2,21,22)(H,23,25)(H,24,29)/t12-,16+/m1/s1. The van der Waals surface area contributed by atoms with Crippen LogP contribution >= 0.6 is 0 Å². The largest absolute Gasteiger partial charge is 0.383 e. The molecule has 156 valence electrons. The van der Waals surface area contributed by atoms with Crippen LogP contribution in [0.15, 0.2) is 36.8 Å². The molecule has 1 saturated heterocycles. The topological polar surface area (TPSA) is 135 Å². The number of nitrogen functional groups attached to an aromatic ring is 1. The lowest BCUT2D eigenvalue weighted by molar-refractivity contribution is -0.146. The Bertz CT molecular complexity index is 1060. The normalized spacial score (nSPS) is 18.9. The van der Waals surface area contributed by atoms with Crippen molar-refractivity contribution in [3.63, 3.8) is 0 Å². The summed E-state index contributed by atoms with van der Waals surface area (Å²) in [6.45, 7) is 4.35. The minimum atomic E-state index is -0.702. The summed E-state index contributed by atoms with van der Waals surface area (Å²) in [5.74, 6) is 0.0537. The molecule has 0 unspecified atom stereocenters. The summed E-state index contributed by atoms with van der Waals surface area (Å²) in [6, 6.07) is 5.08. The van der Waals surface area contributed by atoms with Crippen molar-refractivity contribution in [2.24, 2.45) is 5.92 Å². The molecule has 0 aliphatic carbocycles. The lowest BCUT2D eigenvalue weighted by Crippen LogP contribution is -2.46. The van der Waals surface area contributed by atoms with E-state index in [1.54, 1.807) is 41.0 Å². The van der Waals surface area contributed by atoms with Crippen molar-refractivity contribution in [1.29, 1.82) is 0 Å². The summed E-state index contributed by atoms with van der Waals surface area (Å²) in [5, 5.41) is 14.1. The van der Waals surface area contributed by atoms with E-state index in [0.29, 0.717) is 29.8 Å². The van der Waals surface area contributed by atoms with E-state index >= 15 is 0 Å². The molecular weight excluding hydrogens is 384 g/mol. The average molecular weight is 408 g/mol. The van der Waals surface area contributed by atoms with Crippen molar-refractivity contribution in [2.75, 3.05) is 17.6 Å². The van der Waals surface area contributed by atoms with Gasteiger partial charge >= 0.3 is 11.8 Å². The Morgan fingerprint density at radius 3 is 2.87 bits per heavy atom. The van der Waals surface area contributed by atoms with E-state index in [2.05, 4.69) is 32.5 Å². The Morgan fingerprint density at radius 2 is 2.13 bits per heavy atom. The first-order chi connectivity index (χ1) is 14.4. The monoisotopic (exact) mass is 408 g/mol. The molecule has 1 fully saturated rings. The van der Waals surface area contributed by atoms with Crippen LogP contribution in [0.2, 0.25) is 0 Å². The number of nitrogens with zero attached hydrogens (tertiary/aromatic N) is 5. The number of piperidine rings is 1. The van der Waals surface area contributed by atoms with Crippen molar-refractivity contribution >= 4 is 23.3 Å². The summed E-state index contributed by atoms with van der Waals surface area (Å²) in [7, 11) is 0. The molecule has 4 rings (SSSR count). The molecule has 10 heteroatoms. The summed E-state index contributed by atoms with van der Waals surface area (Å²) in [6.07, 6.45) is 6.64. The van der Waals surface area contributed by atoms with Crippen molar-refractivity contribution in [3.8, 4) is 5.82 Å². The zero-order valence-electron chi connectivity index (χ0n) is 16.9. The van der Waals surface area contributed by atoms with Crippen molar-refractivity contribution in [1.82, 2.24) is 29.9 Å². The van der Waals surface area contributed by atoms with Crippen molar-refractivity contribution < 1.29 is 9.59 Å². The van der Waals surface area contributed by atoms with Crippen LogP contribution in [0.1, 0.15) is 37.1 Å². The second kappa shape index (κ2) is 7.97. The number of rotatable bonds is 3. The van der Waals surface area contributed by atoms with Gasteiger partial charge in [0.2, 0.25) is 0 Å². The zero-order valence-corrected chi connectivity index (χ0v) is 16.9. The number of carbonyl (C=O) groups is 2. The summed E-state index contributed by atoms with van der Waals surface area (Å²) in [4.78, 5) is 31.3. The van der Waals surface area contributed by atoms with Gasteiger partial charge in [-0.05, 0) is 43.4 Å². The minimum Gasteiger partial charge on any atom is -0.383 e. The van der Waals surface area contributed by atoms with Crippen molar-refractivity contribution in [3.05, 3.63) is 48.0 Å². The minimum absolute atomic E-state index is 0.272. The molecule has 4 heterocycles. The fraction of sp³-hybridized carbons (Fsp3) is 0.350. The predicted molar refractivity (Wildman–Crippen MR) is 111 cm³/mol. The van der Waals surface area contributed by atoms with E-state index in [1.807, 2.05) is 6.07 Å². The Balaban J connectivity index is 1.54. The molecule has 0 aromatic carbocycles. The van der Waals surface area contributed by atoms with E-state index in [-0.39, 0.29) is 6.04 Å². The van der Waals surface area contributed by atoms with Gasteiger partial charge in [-0.3, -0.25) is 14.7 Å². The number of carbonyl (C=O) groups excluding carboxylic acids is 2. The second-order valence-corrected chi connectivity index (χ2v) is 7.65. The van der Waals surface area contributed by atoms with Crippen LogP contribution in [0.3, 0.4) is 0 Å². The molecule has 0 spiro atoms. The van der Waals surface area contributed by atoms with E-state index in [1.165, 1.54) is 6.20 Å². The number of aryl methyl sites for hydroxylation is 1. The van der Waals surface area contributed by atoms with Crippen LogP contribution in [0.25, 0.3) is 5.82 Å². The van der Waals surface area contributed by atoms with Crippen molar-refractivity contribution in [2.45, 2.75) is 32.7 Å². The highest BCUT2D eigenvalue weighted by molar-refractivity contribution is 6.39. The lowest BCUT2D eigenvalue weighted by atomic mass is 9.92. The number of hydrogen-bond donors (Lipinski definition) is 3. The van der Waals surface area contributed by atoms with Gasteiger partial charge in [0.15, 0.2) is 5.82 Å². The Kier molecular flexibility index (Phi) is 5.21. The number of aromatic amines is 1. The maximum Gasteiger partial charge on any atom is 0.313 e. The maximum absolute atomic E-state index is 13.0. The lowest BCUT2D eigenvalue weighted by Gasteiger charge is -2.37. The van der Waals surface area contributed by atoms with E-state index in [9.17, 15) is 9.59 Å². The quantitative estimate of drug-likeness (QED) is 0.566. The van der Waals surface area contributed by atoms with Crippen LogP contribution in [0.4, 0.5) is 11.5 Å². The summed E-state index contributed by atoms with van der Waals surface area (Å²) < 4.78 is 1.65. The number of nitrogens with two attached hydrogens (primary N) is 1. The molecular formula is C20H24N8O2. The number of aromatic nitrogens is 5. The number of amides is 2. The third-order valence-electron chi connectivity index (χ3n) is 5.32. The van der Waals surface area contributed by atoms with Crippen LogP contribution in [0, 0.1) is 12.8 Å². The molecule has 3 aromatic heterocycles. The molecule has 3 aromatic rings. The SMILES string of the molecule is Cc1cc(NC(=O)C(=O)N2C[C@H](C)CC[C@H]2c2ccn(-c3cc[nH]n3)n2)cnc1N. The van der Waals surface area contributed by atoms with Gasteiger partial charge in [0, 0.05) is 25.0 Å². The van der Waals surface area contributed by atoms with Crippen LogP contribution in [-0.2, 0) is 9.59 Å². The van der Waals surface area contributed by atoms with Crippen LogP contribution in [0.5, 0.6) is 0 Å². The highest BCUT2D eigenvalue weighted by atomic mass is 16.2. The molecule has 30 heavy (non-hydrogen) atoms. The molecule has 0 bridgehead atoms. The average Bonchev–Trinajstić information content (AvgIpc) is 3.42. The Labute approximate surface area is 173 Å². The third-order valence-corrected chi connectivity index (χ3v) is 5.32. The van der Waals surface area contributed by atoms with Gasteiger partial charge in [0.05, 0.1) is 23.6 Å². The molecule has 1 aliphatic heterocycles. The third kappa shape index (κ3) is 3.88. The van der Waals surface area contributed by atoms with Crippen LogP contribution < -0.4 is 11.1 Å². The highest BCUT2D eigenvalue weighted by Gasteiger charge is 2.35. The smallest absolute Gasteiger partial charge is 0.313 e. The van der Waals surface area contributed by atoms with E-state index in [4.69, 9.17) is 5.73 Å². The molecule has 4 N–H and O–H groups in total. The van der Waals surface area contributed by atoms with E-state index < -0.39 is 11.8 Å². The van der Waals surface area contributed by atoms with Gasteiger partial charge < -0.3 is 16.0 Å². The summed E-state index contributed by atoms with van der Waals surface area (Å²) in [5.41, 5.74) is 7.61. The van der Waals surface area contributed by atoms with Gasteiger partial charge in [0.1, 0.15) is 5.82 Å². The van der Waals surface area contributed by atoms with Gasteiger partial charge in [-0.25, -0.2) is 9.67 Å². The van der Waals surface area contributed by atoms with Gasteiger partial charge in [-0.15, -0.1) is 0 Å². The number of H-pyrrole nitrogens is 1. The Hall–Kier alpha value is -3.69. The molecule has 2 atom stereocenters. The maximum atomic E-state index is 13.0. The van der Waals surface area contributed by atoms with Gasteiger partial charge in [-0.1, -0.05) is 6.92 Å². The van der Waals surface area contributed by atoms with Crippen LogP contribution in [-0.4, -0.2) is 48.2 Å². The number of hydrogen-bond acceptors (Lipinski definition) is 6. The molecule has 1 aliphatic rings. The fourth-order valence-electron chi connectivity index (χ4n) is 3.68. The molecule has 2 amide bonds. The second-order valence-electron chi connectivity index (χ2n) is 7.65. The first-order valence-electron chi connectivity index (χ1n) is 9.82. The Morgan fingerprint density at radius 1 is 1.30 bits per heavy atom. The predicted octanol–water partition coefficient (Wildman–Crippen LogP) is 1.82. The number of likely N-dealkylation sites (tertiary alicyclic amines) is 1. The molecule has 0 radical (unpaired) electrons. The van der Waals surface area contributed by atoms with E-state index in [0.717, 1.165) is 24.1 Å². The fourth-order valence-corrected chi connectivity index (χ4v) is 3.68.